The van der Waals surface area contributed by atoms with Crippen LogP contribution in [0.2, 0.25) is 5.02 Å². The molecule has 1 fully saturated rings. The van der Waals surface area contributed by atoms with Crippen molar-refractivity contribution in [1.82, 2.24) is 19.5 Å². The zero-order valence-corrected chi connectivity index (χ0v) is 13.1. The maximum Gasteiger partial charge on any atom is 0.191 e. The van der Waals surface area contributed by atoms with Crippen molar-refractivity contribution in [2.45, 2.75) is 6.42 Å². The number of guanidine groups is 1. The molecule has 3 heterocycles. The zero-order chi connectivity index (χ0) is 14.7. The number of aliphatic imine (C=N–C) groups is 1. The highest BCUT2D eigenvalue weighted by atomic mass is 35.5. The normalized spacial score (nSPS) is 16.6. The van der Waals surface area contributed by atoms with E-state index < -0.39 is 0 Å². The summed E-state index contributed by atoms with van der Waals surface area (Å²) in [6.07, 6.45) is 6.12. The third-order valence-electron chi connectivity index (χ3n) is 3.38. The third-order valence-corrected chi connectivity index (χ3v) is 4.59. The lowest BCUT2D eigenvalue weighted by Gasteiger charge is -2.27. The highest BCUT2D eigenvalue weighted by Gasteiger charge is 2.11. The van der Waals surface area contributed by atoms with Crippen LogP contribution in [0.15, 0.2) is 23.6 Å². The van der Waals surface area contributed by atoms with Gasteiger partial charge in [0.15, 0.2) is 11.6 Å². The number of halogens is 1. The molecule has 0 spiro atoms. The quantitative estimate of drug-likeness (QED) is 0.680. The van der Waals surface area contributed by atoms with Gasteiger partial charge < -0.3 is 10.6 Å². The van der Waals surface area contributed by atoms with Gasteiger partial charge in [-0.25, -0.2) is 9.50 Å². The number of rotatable bonds is 3. The molecule has 0 amide bonds. The zero-order valence-electron chi connectivity index (χ0n) is 11.6. The molecule has 2 aromatic rings. The average Bonchev–Trinajstić information content (AvgIpc) is 2.89. The van der Waals surface area contributed by atoms with E-state index in [1.165, 1.54) is 0 Å². The summed E-state index contributed by atoms with van der Waals surface area (Å²) in [6.45, 7) is 2.62. The van der Waals surface area contributed by atoms with E-state index in [0.717, 1.165) is 36.6 Å². The Morgan fingerprint density at radius 3 is 3.00 bits per heavy atom. The fraction of sp³-hybridized carbons (Fsp3) is 0.462. The fourth-order valence-corrected chi connectivity index (χ4v) is 3.29. The lowest BCUT2D eigenvalue weighted by atomic mass is 10.2. The average molecular weight is 325 g/mol. The maximum absolute atomic E-state index is 6.02. The summed E-state index contributed by atoms with van der Waals surface area (Å²) in [5, 5.41) is 4.71. The molecule has 1 saturated heterocycles. The summed E-state index contributed by atoms with van der Waals surface area (Å²) >= 11 is 7.92. The van der Waals surface area contributed by atoms with Crippen molar-refractivity contribution in [3.05, 3.63) is 29.2 Å². The molecule has 0 radical (unpaired) electrons. The second-order valence-corrected chi connectivity index (χ2v) is 6.44. The summed E-state index contributed by atoms with van der Waals surface area (Å²) in [7, 11) is 0. The smallest absolute Gasteiger partial charge is 0.191 e. The van der Waals surface area contributed by atoms with Gasteiger partial charge >= 0.3 is 0 Å². The van der Waals surface area contributed by atoms with E-state index in [1.54, 1.807) is 10.7 Å². The van der Waals surface area contributed by atoms with E-state index in [9.17, 15) is 0 Å². The van der Waals surface area contributed by atoms with E-state index >= 15 is 0 Å². The maximum atomic E-state index is 6.02. The van der Waals surface area contributed by atoms with Gasteiger partial charge in [0.1, 0.15) is 5.02 Å². The van der Waals surface area contributed by atoms with E-state index in [1.807, 2.05) is 24.2 Å². The van der Waals surface area contributed by atoms with Crippen LogP contribution in [-0.2, 0) is 6.42 Å². The van der Waals surface area contributed by atoms with Crippen molar-refractivity contribution in [1.29, 1.82) is 0 Å². The van der Waals surface area contributed by atoms with E-state index in [2.05, 4.69) is 20.0 Å². The molecule has 0 aliphatic carbocycles. The fourth-order valence-electron chi connectivity index (χ4n) is 2.21. The number of aromatic nitrogens is 3. The minimum Gasteiger partial charge on any atom is -0.370 e. The molecular formula is C13H17ClN6S. The summed E-state index contributed by atoms with van der Waals surface area (Å²) < 4.78 is 1.69. The van der Waals surface area contributed by atoms with Gasteiger partial charge in [0.05, 0.1) is 6.20 Å². The van der Waals surface area contributed by atoms with Crippen LogP contribution in [0.4, 0.5) is 0 Å². The number of nitrogens with two attached hydrogens (primary N) is 1. The van der Waals surface area contributed by atoms with Crippen LogP contribution < -0.4 is 5.73 Å². The highest BCUT2D eigenvalue weighted by molar-refractivity contribution is 7.99. The summed E-state index contributed by atoms with van der Waals surface area (Å²) in [6, 6.07) is 0. The van der Waals surface area contributed by atoms with Gasteiger partial charge in [-0.3, -0.25) is 4.99 Å². The number of thioether (sulfide) groups is 1. The Labute approximate surface area is 132 Å². The van der Waals surface area contributed by atoms with Gasteiger partial charge in [0, 0.05) is 43.5 Å². The monoisotopic (exact) mass is 324 g/mol. The second-order valence-electron chi connectivity index (χ2n) is 4.81. The first-order chi connectivity index (χ1) is 10.2. The molecule has 21 heavy (non-hydrogen) atoms. The van der Waals surface area contributed by atoms with Crippen molar-refractivity contribution < 1.29 is 0 Å². The Kier molecular flexibility index (Phi) is 4.50. The van der Waals surface area contributed by atoms with Crippen LogP contribution in [0.5, 0.6) is 0 Å². The molecule has 1 aliphatic rings. The molecule has 0 aromatic carbocycles. The molecule has 0 atom stereocenters. The van der Waals surface area contributed by atoms with Crippen LogP contribution in [0.1, 0.15) is 5.56 Å². The molecule has 2 N–H and O–H groups in total. The number of hydrogen-bond acceptors (Lipinski definition) is 4. The predicted molar refractivity (Wildman–Crippen MR) is 87.1 cm³/mol. The van der Waals surface area contributed by atoms with Gasteiger partial charge in [-0.1, -0.05) is 11.6 Å². The first kappa shape index (κ1) is 14.5. The van der Waals surface area contributed by atoms with Crippen molar-refractivity contribution in [3.8, 4) is 0 Å². The minimum atomic E-state index is 0.562. The van der Waals surface area contributed by atoms with Crippen LogP contribution in [-0.4, -0.2) is 56.6 Å². The van der Waals surface area contributed by atoms with Crippen LogP contribution in [0.25, 0.3) is 5.65 Å². The van der Waals surface area contributed by atoms with E-state index in [4.69, 9.17) is 17.3 Å². The molecule has 0 saturated carbocycles. The lowest BCUT2D eigenvalue weighted by Crippen LogP contribution is -2.42. The minimum absolute atomic E-state index is 0.562. The van der Waals surface area contributed by atoms with E-state index in [0.29, 0.717) is 23.2 Å². The standard InChI is InChI=1S/C13H17ClN6S/c14-11-8-18-20-9-10(7-17-12(11)20)1-2-16-13(15)19-3-5-21-6-4-19/h7-9H,1-6H2,(H2,15,16). The molecule has 112 valence electrons. The van der Waals surface area contributed by atoms with Crippen molar-refractivity contribution in [2.24, 2.45) is 10.7 Å². The first-order valence-electron chi connectivity index (χ1n) is 6.84. The van der Waals surface area contributed by atoms with Crippen molar-refractivity contribution in [3.63, 3.8) is 0 Å². The molecular weight excluding hydrogens is 308 g/mol. The van der Waals surface area contributed by atoms with Crippen LogP contribution >= 0.6 is 23.4 Å². The first-order valence-corrected chi connectivity index (χ1v) is 8.37. The van der Waals surface area contributed by atoms with E-state index in [-0.39, 0.29) is 0 Å². The Hall–Kier alpha value is -1.47. The van der Waals surface area contributed by atoms with Gasteiger partial charge in [-0.2, -0.15) is 16.9 Å². The highest BCUT2D eigenvalue weighted by Crippen LogP contribution is 2.14. The van der Waals surface area contributed by atoms with Gasteiger partial charge in [0.2, 0.25) is 0 Å². The molecule has 0 bridgehead atoms. The number of hydrogen-bond donors (Lipinski definition) is 1. The second kappa shape index (κ2) is 6.53. The van der Waals surface area contributed by atoms with Gasteiger partial charge in [-0.15, -0.1) is 0 Å². The molecule has 3 rings (SSSR count). The topological polar surface area (TPSA) is 71.8 Å². The number of nitrogens with zero attached hydrogens (tertiary/aromatic N) is 5. The largest absolute Gasteiger partial charge is 0.370 e. The third kappa shape index (κ3) is 3.41. The molecule has 1 aliphatic heterocycles. The Balaban J connectivity index is 1.60. The Bertz CT molecular complexity index is 649. The predicted octanol–water partition coefficient (Wildman–Crippen LogP) is 1.29. The molecule has 6 nitrogen and oxygen atoms in total. The van der Waals surface area contributed by atoms with Crippen molar-refractivity contribution >= 4 is 35.0 Å². The molecule has 8 heteroatoms. The van der Waals surface area contributed by atoms with Gasteiger partial charge in [0.25, 0.3) is 0 Å². The van der Waals surface area contributed by atoms with Crippen molar-refractivity contribution in [2.75, 3.05) is 31.1 Å². The lowest BCUT2D eigenvalue weighted by molar-refractivity contribution is 0.456. The molecule has 2 aromatic heterocycles. The van der Waals surface area contributed by atoms with Gasteiger partial charge in [-0.05, 0) is 12.0 Å². The summed E-state index contributed by atoms with van der Waals surface area (Å²) in [4.78, 5) is 10.9. The Morgan fingerprint density at radius 2 is 2.19 bits per heavy atom. The van der Waals surface area contributed by atoms with Crippen LogP contribution in [0.3, 0.4) is 0 Å². The SMILES string of the molecule is NC(=NCCc1cnc2c(Cl)cnn2c1)N1CCSCC1. The number of fused-ring (bicyclic) bond motifs is 1. The molecule has 0 unspecified atom stereocenters. The Morgan fingerprint density at radius 1 is 1.38 bits per heavy atom. The summed E-state index contributed by atoms with van der Waals surface area (Å²) in [5.74, 6) is 2.89. The summed E-state index contributed by atoms with van der Waals surface area (Å²) in [5.41, 5.74) is 7.76. The van der Waals surface area contributed by atoms with Crippen LogP contribution in [0, 0.1) is 0 Å².